The van der Waals surface area contributed by atoms with Crippen LogP contribution in [0.25, 0.3) is 16.9 Å². The van der Waals surface area contributed by atoms with Gasteiger partial charge < -0.3 is 0 Å². The summed E-state index contributed by atoms with van der Waals surface area (Å²) >= 11 is 6.17. The Morgan fingerprint density at radius 3 is 2.47 bits per heavy atom. The highest BCUT2D eigenvalue weighted by Crippen LogP contribution is 2.29. The molecule has 0 aliphatic rings. The first-order valence-electron chi connectivity index (χ1n) is 9.25. The monoisotopic (exact) mass is 441 g/mol. The second-order valence-corrected chi connectivity index (χ2v) is 10.0. The highest BCUT2D eigenvalue weighted by atomic mass is 35.5. The molecule has 154 valence electrons. The SMILES string of the molecule is CC(C)(C)c1ccc(S(=O)(=O)Nc2ccc(Cl)cc2-n2nnc3cccnc32)cc1. The quantitative estimate of drug-likeness (QED) is 0.501. The number of pyridine rings is 1. The third-order valence-electron chi connectivity index (χ3n) is 4.67. The number of halogens is 1. The first-order valence-corrected chi connectivity index (χ1v) is 11.1. The summed E-state index contributed by atoms with van der Waals surface area (Å²) < 4.78 is 30.2. The van der Waals surface area contributed by atoms with Crippen LogP contribution in [0.15, 0.2) is 65.7 Å². The van der Waals surface area contributed by atoms with Crippen LogP contribution < -0.4 is 4.72 Å². The number of hydrogen-bond donors (Lipinski definition) is 1. The van der Waals surface area contributed by atoms with E-state index in [1.165, 1.54) is 4.68 Å². The van der Waals surface area contributed by atoms with Gasteiger partial charge in [0.25, 0.3) is 10.0 Å². The van der Waals surface area contributed by atoms with Crippen molar-refractivity contribution in [3.05, 3.63) is 71.4 Å². The molecule has 0 aliphatic heterocycles. The Balaban J connectivity index is 1.75. The average molecular weight is 442 g/mol. The van der Waals surface area contributed by atoms with Gasteiger partial charge in [-0.3, -0.25) is 4.72 Å². The van der Waals surface area contributed by atoms with Crippen molar-refractivity contribution < 1.29 is 8.42 Å². The number of anilines is 1. The number of nitrogens with one attached hydrogen (secondary N) is 1. The highest BCUT2D eigenvalue weighted by Gasteiger charge is 2.20. The minimum absolute atomic E-state index is 0.0692. The lowest BCUT2D eigenvalue weighted by Gasteiger charge is -2.19. The normalized spacial score (nSPS) is 12.3. The van der Waals surface area contributed by atoms with Crippen molar-refractivity contribution in [2.24, 2.45) is 0 Å². The molecule has 2 aromatic heterocycles. The molecule has 2 heterocycles. The lowest BCUT2D eigenvalue weighted by Crippen LogP contribution is -2.16. The lowest BCUT2D eigenvalue weighted by atomic mass is 9.87. The molecule has 2 aromatic carbocycles. The van der Waals surface area contributed by atoms with Crippen LogP contribution in [0.4, 0.5) is 5.69 Å². The minimum Gasteiger partial charge on any atom is -0.277 e. The van der Waals surface area contributed by atoms with Gasteiger partial charge in [0.15, 0.2) is 5.65 Å². The molecule has 1 N–H and O–H groups in total. The van der Waals surface area contributed by atoms with Gasteiger partial charge in [0, 0.05) is 11.2 Å². The molecule has 0 saturated heterocycles. The second kappa shape index (κ2) is 7.37. The third kappa shape index (κ3) is 3.88. The summed E-state index contributed by atoms with van der Waals surface area (Å²) in [5.74, 6) is 0. The topological polar surface area (TPSA) is 89.8 Å². The molecule has 0 fully saturated rings. The molecule has 0 unspecified atom stereocenters. The van der Waals surface area contributed by atoms with Crippen molar-refractivity contribution >= 4 is 38.5 Å². The summed E-state index contributed by atoms with van der Waals surface area (Å²) in [6.07, 6.45) is 1.62. The molecule has 9 heteroatoms. The molecule has 7 nitrogen and oxygen atoms in total. The number of benzene rings is 2. The Labute approximate surface area is 179 Å². The van der Waals surface area contributed by atoms with Crippen molar-refractivity contribution in [2.75, 3.05) is 4.72 Å². The highest BCUT2D eigenvalue weighted by molar-refractivity contribution is 7.92. The van der Waals surface area contributed by atoms with Crippen LogP contribution in [0.3, 0.4) is 0 Å². The molecule has 4 rings (SSSR count). The standard InChI is InChI=1S/C21H20ClN5O2S/c1-21(2,3)14-6-9-16(10-7-14)30(28,29)25-17-11-8-15(22)13-19(17)27-20-18(24-26-27)5-4-12-23-20/h4-13,25H,1-3H3. The van der Waals surface area contributed by atoms with Gasteiger partial charge in [0.2, 0.25) is 0 Å². The Morgan fingerprint density at radius 1 is 1.03 bits per heavy atom. The fourth-order valence-corrected chi connectivity index (χ4v) is 4.27. The second-order valence-electron chi connectivity index (χ2n) is 7.89. The Hall–Kier alpha value is -2.97. The summed E-state index contributed by atoms with van der Waals surface area (Å²) in [5, 5.41) is 8.64. The van der Waals surface area contributed by atoms with Gasteiger partial charge in [-0.25, -0.2) is 13.4 Å². The molecule has 0 saturated carbocycles. The van der Waals surface area contributed by atoms with Crippen LogP contribution in [-0.2, 0) is 15.4 Å². The number of nitrogens with zero attached hydrogens (tertiary/aromatic N) is 4. The largest absolute Gasteiger partial charge is 0.277 e. The molecule has 0 radical (unpaired) electrons. The van der Waals surface area contributed by atoms with Gasteiger partial charge in [-0.1, -0.05) is 49.7 Å². The van der Waals surface area contributed by atoms with Crippen LogP contribution in [0.5, 0.6) is 0 Å². The first-order chi connectivity index (χ1) is 14.1. The van der Waals surface area contributed by atoms with Crippen molar-refractivity contribution in [1.29, 1.82) is 0 Å². The molecule has 0 amide bonds. The number of aromatic nitrogens is 4. The van der Waals surface area contributed by atoms with Crippen molar-refractivity contribution in [3.63, 3.8) is 0 Å². The van der Waals surface area contributed by atoms with Crippen LogP contribution in [0, 0.1) is 0 Å². The molecule has 0 aliphatic carbocycles. The maximum Gasteiger partial charge on any atom is 0.261 e. The van der Waals surface area contributed by atoms with Gasteiger partial charge in [-0.15, -0.1) is 5.10 Å². The molecule has 0 bridgehead atoms. The Bertz CT molecular complexity index is 1330. The summed E-state index contributed by atoms with van der Waals surface area (Å²) in [7, 11) is -3.83. The zero-order valence-corrected chi connectivity index (χ0v) is 18.2. The minimum atomic E-state index is -3.83. The fraction of sp³-hybridized carbons (Fsp3) is 0.190. The molecule has 30 heavy (non-hydrogen) atoms. The van der Waals surface area contributed by atoms with Crippen molar-refractivity contribution in [3.8, 4) is 5.69 Å². The van der Waals surface area contributed by atoms with E-state index >= 15 is 0 Å². The van der Waals surface area contributed by atoms with E-state index < -0.39 is 10.0 Å². The van der Waals surface area contributed by atoms with E-state index in [0.29, 0.717) is 27.6 Å². The predicted octanol–water partition coefficient (Wildman–Crippen LogP) is 4.57. The van der Waals surface area contributed by atoms with E-state index in [9.17, 15) is 8.42 Å². The van der Waals surface area contributed by atoms with Crippen LogP contribution in [-0.4, -0.2) is 28.4 Å². The maximum absolute atomic E-state index is 13.0. The lowest BCUT2D eigenvalue weighted by molar-refractivity contribution is 0.587. The average Bonchev–Trinajstić information content (AvgIpc) is 3.13. The van der Waals surface area contributed by atoms with Crippen LogP contribution >= 0.6 is 11.6 Å². The molecular weight excluding hydrogens is 422 g/mol. The Kier molecular flexibility index (Phi) is 4.99. The number of fused-ring (bicyclic) bond motifs is 1. The van der Waals surface area contributed by atoms with E-state index in [1.807, 2.05) is 12.1 Å². The molecule has 0 spiro atoms. The maximum atomic E-state index is 13.0. The van der Waals surface area contributed by atoms with Crippen LogP contribution in [0.1, 0.15) is 26.3 Å². The number of hydrogen-bond acceptors (Lipinski definition) is 5. The van der Waals surface area contributed by atoms with Gasteiger partial charge in [-0.05, 0) is 53.4 Å². The van der Waals surface area contributed by atoms with E-state index in [2.05, 4.69) is 40.8 Å². The summed E-state index contributed by atoms with van der Waals surface area (Å²) in [4.78, 5) is 4.46. The van der Waals surface area contributed by atoms with E-state index in [1.54, 1.807) is 48.7 Å². The van der Waals surface area contributed by atoms with Crippen molar-refractivity contribution in [2.45, 2.75) is 31.1 Å². The molecule has 4 aromatic rings. The summed E-state index contributed by atoms with van der Waals surface area (Å²) in [6.45, 7) is 6.22. The summed E-state index contributed by atoms with van der Waals surface area (Å²) in [6, 6.07) is 15.2. The fourth-order valence-electron chi connectivity index (χ4n) is 3.03. The molecule has 0 atom stereocenters. The van der Waals surface area contributed by atoms with Crippen LogP contribution in [0.2, 0.25) is 5.02 Å². The summed E-state index contributed by atoms with van der Waals surface area (Å²) in [5.41, 5.74) is 2.81. The number of sulfonamides is 1. The van der Waals surface area contributed by atoms with Gasteiger partial charge in [-0.2, -0.15) is 4.68 Å². The Morgan fingerprint density at radius 2 is 1.77 bits per heavy atom. The number of rotatable bonds is 4. The predicted molar refractivity (Wildman–Crippen MR) is 118 cm³/mol. The zero-order valence-electron chi connectivity index (χ0n) is 16.7. The van der Waals surface area contributed by atoms with E-state index in [4.69, 9.17) is 11.6 Å². The van der Waals surface area contributed by atoms with Gasteiger partial charge in [0.1, 0.15) is 5.52 Å². The molecular formula is C21H20ClN5O2S. The van der Waals surface area contributed by atoms with Crippen molar-refractivity contribution in [1.82, 2.24) is 20.0 Å². The third-order valence-corrected chi connectivity index (χ3v) is 6.29. The zero-order chi connectivity index (χ0) is 21.5. The van der Waals surface area contributed by atoms with Gasteiger partial charge in [0.05, 0.1) is 16.3 Å². The first kappa shape index (κ1) is 20.3. The van der Waals surface area contributed by atoms with E-state index in [-0.39, 0.29) is 10.3 Å². The van der Waals surface area contributed by atoms with E-state index in [0.717, 1.165) is 5.56 Å². The van der Waals surface area contributed by atoms with Gasteiger partial charge >= 0.3 is 0 Å². The smallest absolute Gasteiger partial charge is 0.261 e.